The molecular weight excluding hydrogens is 156 g/mol. The highest BCUT2D eigenvalue weighted by molar-refractivity contribution is 5.65. The molecule has 3 nitrogen and oxygen atoms in total. The molecule has 0 saturated heterocycles. The topological polar surface area (TPSA) is 35.5 Å². The van der Waals surface area contributed by atoms with Gasteiger partial charge >= 0.3 is 5.97 Å². The molecule has 0 aliphatic rings. The molecule has 0 aromatic heterocycles. The van der Waals surface area contributed by atoms with Crippen LogP contribution in [0.2, 0.25) is 0 Å². The quantitative estimate of drug-likeness (QED) is 0.618. The van der Waals surface area contributed by atoms with Crippen molar-refractivity contribution in [3.05, 3.63) is 0 Å². The van der Waals surface area contributed by atoms with Crippen molar-refractivity contribution >= 4 is 5.97 Å². The fourth-order valence-electron chi connectivity index (χ4n) is 0.592. The number of methoxy groups -OCH3 is 1. The van der Waals surface area contributed by atoms with Crippen LogP contribution >= 0.6 is 0 Å². The molecule has 1 atom stereocenters. The molecule has 0 N–H and O–H groups in total. The molecule has 0 aliphatic carbocycles. The van der Waals surface area contributed by atoms with Crippen LogP contribution < -0.4 is 0 Å². The minimum absolute atomic E-state index is 0. The zero-order valence-electron chi connectivity index (χ0n) is 6.72. The Bertz CT molecular complexity index is 102. The summed E-state index contributed by atoms with van der Waals surface area (Å²) in [5.74, 6) is 0.0526. The van der Waals surface area contributed by atoms with Crippen molar-refractivity contribution in [3.63, 3.8) is 0 Å². The molecular formula is C9H22O3. The third-order valence-electron chi connectivity index (χ3n) is 1.02. The summed E-state index contributed by atoms with van der Waals surface area (Å²) < 4.78 is 9.58. The van der Waals surface area contributed by atoms with Crippen molar-refractivity contribution in [2.45, 2.75) is 28.7 Å². The summed E-state index contributed by atoms with van der Waals surface area (Å²) >= 11 is 0. The van der Waals surface area contributed by atoms with Crippen molar-refractivity contribution < 1.29 is 14.3 Å². The molecule has 0 aromatic rings. The Morgan fingerprint density at radius 1 is 1.33 bits per heavy atom. The minimum atomic E-state index is -0.233. The van der Waals surface area contributed by atoms with Crippen molar-refractivity contribution in [1.29, 1.82) is 0 Å². The first-order valence-electron chi connectivity index (χ1n) is 3.29. The number of hydrogen-bond donors (Lipinski definition) is 0. The lowest BCUT2D eigenvalue weighted by Gasteiger charge is -2.08. The van der Waals surface area contributed by atoms with Crippen molar-refractivity contribution in [2.24, 2.45) is 5.92 Å². The van der Waals surface area contributed by atoms with Gasteiger partial charge in [0.25, 0.3) is 0 Å². The van der Waals surface area contributed by atoms with Crippen LogP contribution in [0.5, 0.6) is 0 Å². The summed E-state index contributed by atoms with van der Waals surface area (Å²) in [4.78, 5) is 10.3. The smallest absolute Gasteiger partial charge is 0.302 e. The van der Waals surface area contributed by atoms with E-state index in [-0.39, 0.29) is 26.7 Å². The molecule has 0 bridgehead atoms. The predicted molar refractivity (Wildman–Crippen MR) is 51.1 cm³/mol. The highest BCUT2D eigenvalue weighted by atomic mass is 16.5. The number of esters is 1. The SMILES string of the molecule is C.C.COCC(C)COC(C)=O. The Morgan fingerprint density at radius 3 is 2.17 bits per heavy atom. The Labute approximate surface area is 76.1 Å². The fraction of sp³-hybridized carbons (Fsp3) is 0.889. The molecule has 0 radical (unpaired) electrons. The van der Waals surface area contributed by atoms with Crippen LogP contribution in [0.25, 0.3) is 0 Å². The molecule has 0 saturated carbocycles. The van der Waals surface area contributed by atoms with Gasteiger partial charge in [-0.15, -0.1) is 0 Å². The summed E-state index contributed by atoms with van der Waals surface area (Å²) in [5.41, 5.74) is 0. The molecule has 0 heterocycles. The lowest BCUT2D eigenvalue weighted by Crippen LogP contribution is -2.13. The average Bonchev–Trinajstić information content (AvgIpc) is 1.85. The van der Waals surface area contributed by atoms with Crippen LogP contribution in [0.3, 0.4) is 0 Å². The largest absolute Gasteiger partial charge is 0.466 e. The summed E-state index contributed by atoms with van der Waals surface area (Å²) in [5, 5.41) is 0. The highest BCUT2D eigenvalue weighted by Crippen LogP contribution is 1.95. The van der Waals surface area contributed by atoms with Crippen LogP contribution in [-0.4, -0.2) is 26.3 Å². The van der Waals surface area contributed by atoms with Gasteiger partial charge in [-0.3, -0.25) is 4.79 Å². The molecule has 3 heteroatoms. The fourth-order valence-corrected chi connectivity index (χ4v) is 0.592. The zero-order chi connectivity index (χ0) is 7.98. The van der Waals surface area contributed by atoms with Gasteiger partial charge in [-0.2, -0.15) is 0 Å². The molecule has 0 amide bonds. The third-order valence-corrected chi connectivity index (χ3v) is 1.02. The van der Waals surface area contributed by atoms with E-state index in [4.69, 9.17) is 9.47 Å². The van der Waals surface area contributed by atoms with E-state index in [2.05, 4.69) is 0 Å². The number of hydrogen-bond acceptors (Lipinski definition) is 3. The van der Waals surface area contributed by atoms with Gasteiger partial charge in [0.1, 0.15) is 0 Å². The number of carbonyl (C=O) groups excluding carboxylic acids is 1. The summed E-state index contributed by atoms with van der Waals surface area (Å²) in [6.45, 7) is 4.45. The summed E-state index contributed by atoms with van der Waals surface area (Å²) in [6.07, 6.45) is 0. The second-order valence-electron chi connectivity index (χ2n) is 2.36. The Kier molecular flexibility index (Phi) is 15.2. The van der Waals surface area contributed by atoms with Gasteiger partial charge in [-0.05, 0) is 0 Å². The first-order valence-corrected chi connectivity index (χ1v) is 3.29. The van der Waals surface area contributed by atoms with Gasteiger partial charge in [-0.1, -0.05) is 21.8 Å². The van der Waals surface area contributed by atoms with Crippen LogP contribution in [0.4, 0.5) is 0 Å². The van der Waals surface area contributed by atoms with Crippen molar-refractivity contribution in [1.82, 2.24) is 0 Å². The van der Waals surface area contributed by atoms with Gasteiger partial charge in [0.05, 0.1) is 13.2 Å². The van der Waals surface area contributed by atoms with Crippen LogP contribution in [0.15, 0.2) is 0 Å². The van der Waals surface area contributed by atoms with E-state index in [0.29, 0.717) is 13.2 Å². The van der Waals surface area contributed by atoms with E-state index in [1.54, 1.807) is 7.11 Å². The maximum Gasteiger partial charge on any atom is 0.302 e. The van der Waals surface area contributed by atoms with E-state index in [1.807, 2.05) is 6.92 Å². The van der Waals surface area contributed by atoms with Crippen molar-refractivity contribution in [3.8, 4) is 0 Å². The summed E-state index contributed by atoms with van der Waals surface area (Å²) in [6, 6.07) is 0. The van der Waals surface area contributed by atoms with Gasteiger partial charge in [0, 0.05) is 20.0 Å². The van der Waals surface area contributed by atoms with E-state index in [9.17, 15) is 4.79 Å². The van der Waals surface area contributed by atoms with Gasteiger partial charge in [-0.25, -0.2) is 0 Å². The zero-order valence-corrected chi connectivity index (χ0v) is 6.72. The molecule has 76 valence electrons. The molecule has 0 aromatic carbocycles. The van der Waals surface area contributed by atoms with Crippen molar-refractivity contribution in [2.75, 3.05) is 20.3 Å². The Morgan fingerprint density at radius 2 is 1.83 bits per heavy atom. The average molecular weight is 178 g/mol. The number of ether oxygens (including phenoxy) is 2. The van der Waals surface area contributed by atoms with Crippen LogP contribution in [-0.2, 0) is 14.3 Å². The van der Waals surface area contributed by atoms with Crippen LogP contribution in [0, 0.1) is 5.92 Å². The van der Waals surface area contributed by atoms with Gasteiger partial charge in [0.2, 0.25) is 0 Å². The summed E-state index contributed by atoms with van der Waals surface area (Å²) in [7, 11) is 1.63. The Balaban J connectivity index is -0.000000405. The molecule has 0 spiro atoms. The second-order valence-corrected chi connectivity index (χ2v) is 2.36. The first kappa shape index (κ1) is 17.5. The van der Waals surface area contributed by atoms with E-state index in [0.717, 1.165) is 0 Å². The number of rotatable bonds is 4. The van der Waals surface area contributed by atoms with E-state index < -0.39 is 0 Å². The van der Waals surface area contributed by atoms with Gasteiger partial charge < -0.3 is 9.47 Å². The van der Waals surface area contributed by atoms with E-state index >= 15 is 0 Å². The number of carbonyl (C=O) groups is 1. The van der Waals surface area contributed by atoms with Gasteiger partial charge in [0.15, 0.2) is 0 Å². The molecule has 0 rings (SSSR count). The molecule has 12 heavy (non-hydrogen) atoms. The normalized spacial score (nSPS) is 10.6. The third kappa shape index (κ3) is 12.1. The molecule has 0 aliphatic heterocycles. The maximum atomic E-state index is 10.3. The first-order chi connectivity index (χ1) is 4.66. The minimum Gasteiger partial charge on any atom is -0.466 e. The molecule has 0 fully saturated rings. The lowest BCUT2D eigenvalue weighted by molar-refractivity contribution is -0.142. The second kappa shape index (κ2) is 10.4. The standard InChI is InChI=1S/C7H14O3.2CH4/c1-6(4-9-3)5-10-7(2)8;;/h6H,4-5H2,1-3H3;2*1H4. The van der Waals surface area contributed by atoms with Crippen LogP contribution in [0.1, 0.15) is 28.7 Å². The Hall–Kier alpha value is -0.570. The monoisotopic (exact) mass is 178 g/mol. The molecule has 1 unspecified atom stereocenters. The lowest BCUT2D eigenvalue weighted by atomic mass is 10.2. The highest BCUT2D eigenvalue weighted by Gasteiger charge is 2.02. The predicted octanol–water partition coefficient (Wildman–Crippen LogP) is 2.10. The maximum absolute atomic E-state index is 10.3. The van der Waals surface area contributed by atoms with E-state index in [1.165, 1.54) is 6.92 Å².